The van der Waals surface area contributed by atoms with Crippen LogP contribution in [0.5, 0.6) is 0 Å². The molecule has 0 spiro atoms. The molecule has 1 amide bonds. The monoisotopic (exact) mass is 440 g/mol. The number of Topliss-reactive ketones (excluding diaryl/α,β-unsaturated/α-hetero) is 1. The normalized spacial score (nSPS) is 21.6. The maximum absolute atomic E-state index is 13.0. The Labute approximate surface area is 186 Å². The van der Waals surface area contributed by atoms with Gasteiger partial charge in [-0.3, -0.25) is 14.5 Å². The first-order valence-electron chi connectivity index (χ1n) is 10.4. The number of aliphatic hydroxyl groups is 1. The molecule has 0 unspecified atom stereocenters. The van der Waals surface area contributed by atoms with Gasteiger partial charge in [0.05, 0.1) is 24.8 Å². The van der Waals surface area contributed by atoms with E-state index in [2.05, 4.69) is 4.90 Å². The van der Waals surface area contributed by atoms with Gasteiger partial charge < -0.3 is 14.7 Å². The number of hydrogen-bond acceptors (Lipinski definition) is 5. The summed E-state index contributed by atoms with van der Waals surface area (Å²) in [5, 5.41) is 11.6. The minimum atomic E-state index is -0.667. The number of carbonyl (C=O) groups is 2. The van der Waals surface area contributed by atoms with Crippen LogP contribution in [0, 0.1) is 6.92 Å². The number of amides is 1. The van der Waals surface area contributed by atoms with Crippen molar-refractivity contribution < 1.29 is 19.4 Å². The zero-order chi connectivity index (χ0) is 22.0. The van der Waals surface area contributed by atoms with Gasteiger partial charge in [0.1, 0.15) is 5.76 Å². The Balaban J connectivity index is 1.72. The predicted molar refractivity (Wildman–Crippen MR) is 119 cm³/mol. The molecule has 7 heteroatoms. The number of morpholine rings is 1. The third kappa shape index (κ3) is 4.51. The molecule has 31 heavy (non-hydrogen) atoms. The molecule has 0 saturated carbocycles. The van der Waals surface area contributed by atoms with E-state index in [-0.39, 0.29) is 11.3 Å². The van der Waals surface area contributed by atoms with Crippen LogP contribution in [-0.2, 0) is 14.3 Å². The van der Waals surface area contributed by atoms with Gasteiger partial charge in [0, 0.05) is 36.8 Å². The fourth-order valence-corrected chi connectivity index (χ4v) is 4.17. The molecule has 0 bridgehead atoms. The van der Waals surface area contributed by atoms with Crippen molar-refractivity contribution in [3.8, 4) is 0 Å². The van der Waals surface area contributed by atoms with Crippen LogP contribution in [0.3, 0.4) is 0 Å². The molecule has 0 aliphatic carbocycles. The molecule has 2 heterocycles. The molecule has 1 N–H and O–H groups in total. The first kappa shape index (κ1) is 21.6. The van der Waals surface area contributed by atoms with Crippen LogP contribution in [0.2, 0.25) is 5.02 Å². The fourth-order valence-electron chi connectivity index (χ4n) is 4.04. The summed E-state index contributed by atoms with van der Waals surface area (Å²) in [6.45, 7) is 5.93. The van der Waals surface area contributed by atoms with Crippen LogP contribution in [0.1, 0.15) is 22.7 Å². The molecule has 1 atom stereocenters. The maximum atomic E-state index is 13.0. The topological polar surface area (TPSA) is 70.1 Å². The molecule has 0 radical (unpaired) electrons. The summed E-state index contributed by atoms with van der Waals surface area (Å²) in [6.07, 6.45) is 0. The van der Waals surface area contributed by atoms with Crippen LogP contribution < -0.4 is 0 Å². The number of carbonyl (C=O) groups excluding carboxylic acids is 2. The molecule has 162 valence electrons. The fraction of sp³-hybridized carbons (Fsp3) is 0.333. The molecular formula is C24H25ClN2O4. The largest absolute Gasteiger partial charge is 0.507 e. The van der Waals surface area contributed by atoms with Crippen LogP contribution in [0.15, 0.2) is 54.1 Å². The maximum Gasteiger partial charge on any atom is 0.295 e. The lowest BCUT2D eigenvalue weighted by molar-refractivity contribution is -0.140. The standard InChI is InChI=1S/C24H25ClN2O4/c1-16-2-4-17(5-3-16)21-20(22(28)18-6-8-19(25)9-7-18)23(29)24(30)27(21)11-10-26-12-14-31-15-13-26/h2-9,21,28H,10-15H2,1H3/t21-/m1/s1. The molecule has 2 aliphatic heterocycles. The summed E-state index contributed by atoms with van der Waals surface area (Å²) in [5.74, 6) is -1.44. The second kappa shape index (κ2) is 9.22. The average molecular weight is 441 g/mol. The summed E-state index contributed by atoms with van der Waals surface area (Å²) >= 11 is 5.96. The van der Waals surface area contributed by atoms with Gasteiger partial charge in [0.15, 0.2) is 0 Å². The highest BCUT2D eigenvalue weighted by Gasteiger charge is 2.46. The van der Waals surface area contributed by atoms with E-state index in [4.69, 9.17) is 16.3 Å². The number of benzene rings is 2. The van der Waals surface area contributed by atoms with Gasteiger partial charge in [0.2, 0.25) is 0 Å². The Morgan fingerprint density at radius 2 is 1.68 bits per heavy atom. The molecule has 2 saturated heterocycles. The number of likely N-dealkylation sites (tertiary alicyclic amines) is 1. The van der Waals surface area contributed by atoms with Crippen LogP contribution in [0.25, 0.3) is 5.76 Å². The smallest absolute Gasteiger partial charge is 0.295 e. The highest BCUT2D eigenvalue weighted by molar-refractivity contribution is 6.46. The highest BCUT2D eigenvalue weighted by atomic mass is 35.5. The Morgan fingerprint density at radius 3 is 2.32 bits per heavy atom. The van der Waals surface area contributed by atoms with E-state index < -0.39 is 17.7 Å². The van der Waals surface area contributed by atoms with E-state index in [1.165, 1.54) is 0 Å². The molecule has 0 aromatic heterocycles. The summed E-state index contributed by atoms with van der Waals surface area (Å²) < 4.78 is 5.39. The van der Waals surface area contributed by atoms with Gasteiger partial charge in [-0.2, -0.15) is 0 Å². The van der Waals surface area contributed by atoms with E-state index in [0.29, 0.717) is 36.9 Å². The molecule has 2 fully saturated rings. The van der Waals surface area contributed by atoms with Crippen LogP contribution >= 0.6 is 11.6 Å². The third-order valence-electron chi connectivity index (χ3n) is 5.81. The van der Waals surface area contributed by atoms with Gasteiger partial charge in [0.25, 0.3) is 11.7 Å². The van der Waals surface area contributed by atoms with Crippen molar-refractivity contribution in [3.63, 3.8) is 0 Å². The lowest BCUT2D eigenvalue weighted by Crippen LogP contribution is -2.42. The lowest BCUT2D eigenvalue weighted by atomic mass is 9.95. The number of ketones is 1. The van der Waals surface area contributed by atoms with Gasteiger partial charge in [-0.25, -0.2) is 0 Å². The Morgan fingerprint density at radius 1 is 1.03 bits per heavy atom. The molecule has 2 aromatic rings. The van der Waals surface area contributed by atoms with Gasteiger partial charge >= 0.3 is 0 Å². The van der Waals surface area contributed by atoms with Crippen molar-refractivity contribution in [2.45, 2.75) is 13.0 Å². The zero-order valence-corrected chi connectivity index (χ0v) is 18.1. The minimum Gasteiger partial charge on any atom is -0.507 e. The number of rotatable bonds is 5. The first-order valence-corrected chi connectivity index (χ1v) is 10.7. The second-order valence-electron chi connectivity index (χ2n) is 7.86. The Kier molecular flexibility index (Phi) is 6.41. The molecule has 4 rings (SSSR count). The summed E-state index contributed by atoms with van der Waals surface area (Å²) in [4.78, 5) is 29.8. The van der Waals surface area contributed by atoms with Crippen molar-refractivity contribution in [2.75, 3.05) is 39.4 Å². The SMILES string of the molecule is Cc1ccc([C@@H]2C(=C(O)c3ccc(Cl)cc3)C(=O)C(=O)N2CCN2CCOCC2)cc1. The van der Waals surface area contributed by atoms with Crippen molar-refractivity contribution in [3.05, 3.63) is 75.8 Å². The Bertz CT molecular complexity index is 995. The minimum absolute atomic E-state index is 0.109. The summed E-state index contributed by atoms with van der Waals surface area (Å²) in [7, 11) is 0. The van der Waals surface area contributed by atoms with E-state index in [1.54, 1.807) is 29.2 Å². The van der Waals surface area contributed by atoms with Crippen LogP contribution in [-0.4, -0.2) is 66.0 Å². The molecular weight excluding hydrogens is 416 g/mol. The molecule has 6 nitrogen and oxygen atoms in total. The highest BCUT2D eigenvalue weighted by Crippen LogP contribution is 2.39. The summed E-state index contributed by atoms with van der Waals surface area (Å²) in [6, 6.07) is 13.6. The quantitative estimate of drug-likeness (QED) is 0.438. The van der Waals surface area contributed by atoms with Gasteiger partial charge in [-0.05, 0) is 36.8 Å². The predicted octanol–water partition coefficient (Wildman–Crippen LogP) is 3.40. The second-order valence-corrected chi connectivity index (χ2v) is 8.30. The summed E-state index contributed by atoms with van der Waals surface area (Å²) in [5.41, 5.74) is 2.43. The van der Waals surface area contributed by atoms with E-state index in [1.807, 2.05) is 31.2 Å². The Hall–Kier alpha value is -2.67. The number of ether oxygens (including phenoxy) is 1. The lowest BCUT2D eigenvalue weighted by Gasteiger charge is -2.31. The van der Waals surface area contributed by atoms with Crippen molar-refractivity contribution in [2.24, 2.45) is 0 Å². The van der Waals surface area contributed by atoms with Crippen molar-refractivity contribution in [1.29, 1.82) is 0 Å². The molecule has 2 aliphatic rings. The molecule has 2 aromatic carbocycles. The van der Waals surface area contributed by atoms with Crippen molar-refractivity contribution >= 4 is 29.1 Å². The number of aliphatic hydroxyl groups excluding tert-OH is 1. The number of hydrogen-bond donors (Lipinski definition) is 1. The van der Waals surface area contributed by atoms with E-state index >= 15 is 0 Å². The van der Waals surface area contributed by atoms with E-state index in [0.717, 1.165) is 24.2 Å². The first-order chi connectivity index (χ1) is 15.0. The number of nitrogens with zero attached hydrogens (tertiary/aromatic N) is 2. The average Bonchev–Trinajstić information content (AvgIpc) is 3.04. The number of halogens is 1. The zero-order valence-electron chi connectivity index (χ0n) is 17.4. The van der Waals surface area contributed by atoms with E-state index in [9.17, 15) is 14.7 Å². The van der Waals surface area contributed by atoms with Crippen molar-refractivity contribution in [1.82, 2.24) is 9.80 Å². The van der Waals surface area contributed by atoms with Gasteiger partial charge in [-0.1, -0.05) is 41.4 Å². The number of aryl methyl sites for hydroxylation is 1. The van der Waals surface area contributed by atoms with Gasteiger partial charge in [-0.15, -0.1) is 0 Å². The third-order valence-corrected chi connectivity index (χ3v) is 6.06. The van der Waals surface area contributed by atoms with Crippen LogP contribution in [0.4, 0.5) is 0 Å².